The number of fused-ring (bicyclic) bond motifs is 1. The fraction of sp³-hybridized carbons (Fsp3) is 0.625. The van der Waals surface area contributed by atoms with Gasteiger partial charge in [-0.2, -0.15) is 0 Å². The second kappa shape index (κ2) is 8.52. The van der Waals surface area contributed by atoms with Gasteiger partial charge in [-0.3, -0.25) is 9.36 Å². The van der Waals surface area contributed by atoms with Crippen LogP contribution in [0.3, 0.4) is 0 Å². The number of nitrogen functional groups attached to an aromatic ring is 1. The Bertz CT molecular complexity index is 880. The molecule has 0 aromatic carbocycles. The molecule has 0 radical (unpaired) electrons. The largest absolute Gasteiger partial charge is 0.459 e. The predicted molar refractivity (Wildman–Crippen MR) is 103 cm³/mol. The van der Waals surface area contributed by atoms with E-state index in [1.54, 1.807) is 38.6 Å². The summed E-state index contributed by atoms with van der Waals surface area (Å²) in [5.74, 6) is -0.338. The van der Waals surface area contributed by atoms with Crippen LogP contribution < -0.4 is 10.8 Å². The molecule has 2 heterocycles. The molecule has 0 bridgehead atoms. The Morgan fingerprint density at radius 3 is 2.68 bits per heavy atom. The summed E-state index contributed by atoms with van der Waals surface area (Å²) in [7, 11) is -3.91. The molecule has 0 aliphatic carbocycles. The van der Waals surface area contributed by atoms with Gasteiger partial charge in [0.05, 0.1) is 19.0 Å². The summed E-state index contributed by atoms with van der Waals surface area (Å²) in [4.78, 5) is 34.2. The Hall–Kier alpha value is -2.07. The van der Waals surface area contributed by atoms with Crippen LogP contribution in [0.15, 0.2) is 12.7 Å². The van der Waals surface area contributed by atoms with E-state index in [0.717, 1.165) is 0 Å². The molecular formula is C16H27N6O5P. The number of nitrogens with one attached hydrogen (secondary N) is 1. The average molecular weight is 414 g/mol. The van der Waals surface area contributed by atoms with Gasteiger partial charge in [0.25, 0.3) is 7.52 Å². The van der Waals surface area contributed by atoms with E-state index in [1.165, 1.54) is 13.3 Å². The third-order valence-electron chi connectivity index (χ3n) is 3.57. The van der Waals surface area contributed by atoms with Gasteiger partial charge in [-0.15, -0.1) is 0 Å². The van der Waals surface area contributed by atoms with E-state index in [-0.39, 0.29) is 5.82 Å². The number of nitrogens with zero attached hydrogens (tertiary/aromatic N) is 4. The van der Waals surface area contributed by atoms with Crippen molar-refractivity contribution >= 4 is 30.5 Å². The molecule has 0 saturated carbocycles. The SMILES string of the molecule is C[C@H](Cn1cnc2c(N)ncnc21)OCP(=O)(O)N[C@H](C)C(=O)OC(C)(C)C. The molecule has 156 valence electrons. The van der Waals surface area contributed by atoms with E-state index in [2.05, 4.69) is 20.0 Å². The number of hydrogen-bond donors (Lipinski definition) is 3. The molecule has 2 rings (SSSR count). The third kappa shape index (κ3) is 6.23. The maximum Gasteiger partial charge on any atom is 0.323 e. The Balaban J connectivity index is 1.90. The predicted octanol–water partition coefficient (Wildman–Crippen LogP) is 1.28. The molecule has 12 heteroatoms. The van der Waals surface area contributed by atoms with Gasteiger partial charge in [0.1, 0.15) is 29.8 Å². The number of nitrogens with two attached hydrogens (primary N) is 1. The van der Waals surface area contributed by atoms with Crippen LogP contribution in [0.25, 0.3) is 11.2 Å². The standard InChI is InChI=1S/C16H27N6O5P/c1-10(6-22-8-20-12-13(17)18-7-19-14(12)22)26-9-28(24,25)21-11(2)15(23)27-16(3,4)5/h7-8,10-11H,6,9H2,1-5H3,(H2,17,18,19)(H2,21,24,25)/t10-,11-/m1/s1. The van der Waals surface area contributed by atoms with E-state index < -0.39 is 37.6 Å². The first-order chi connectivity index (χ1) is 12.9. The number of anilines is 1. The van der Waals surface area contributed by atoms with Gasteiger partial charge < -0.3 is 24.7 Å². The van der Waals surface area contributed by atoms with Gasteiger partial charge in [-0.05, 0) is 34.6 Å². The second-order valence-corrected chi connectivity index (χ2v) is 9.44. The lowest BCUT2D eigenvalue weighted by molar-refractivity contribution is -0.156. The lowest BCUT2D eigenvalue weighted by atomic mass is 10.2. The summed E-state index contributed by atoms with van der Waals surface area (Å²) in [6.45, 7) is 8.71. The molecule has 0 saturated heterocycles. The Labute approximate surface area is 163 Å². The highest BCUT2D eigenvalue weighted by Gasteiger charge is 2.29. The Morgan fingerprint density at radius 1 is 1.36 bits per heavy atom. The van der Waals surface area contributed by atoms with Gasteiger partial charge in [0.15, 0.2) is 11.5 Å². The molecule has 3 atom stereocenters. The van der Waals surface area contributed by atoms with Crippen LogP contribution >= 0.6 is 7.52 Å². The molecule has 28 heavy (non-hydrogen) atoms. The second-order valence-electron chi connectivity index (χ2n) is 7.52. The number of rotatable bonds is 8. The average Bonchev–Trinajstić information content (AvgIpc) is 2.95. The first kappa shape index (κ1) is 22.2. The third-order valence-corrected chi connectivity index (χ3v) is 4.86. The van der Waals surface area contributed by atoms with Crippen LogP contribution in [-0.4, -0.2) is 54.5 Å². The molecule has 0 fully saturated rings. The summed E-state index contributed by atoms with van der Waals surface area (Å²) >= 11 is 0. The minimum Gasteiger partial charge on any atom is -0.459 e. The van der Waals surface area contributed by atoms with Crippen molar-refractivity contribution in [1.82, 2.24) is 24.6 Å². The van der Waals surface area contributed by atoms with E-state index >= 15 is 0 Å². The minimum atomic E-state index is -3.91. The van der Waals surface area contributed by atoms with Gasteiger partial charge in [0, 0.05) is 0 Å². The summed E-state index contributed by atoms with van der Waals surface area (Å²) in [5, 5.41) is 2.39. The van der Waals surface area contributed by atoms with Gasteiger partial charge >= 0.3 is 5.97 Å². The van der Waals surface area contributed by atoms with Gasteiger partial charge in [-0.25, -0.2) is 20.0 Å². The van der Waals surface area contributed by atoms with E-state index in [9.17, 15) is 14.3 Å². The number of ether oxygens (including phenoxy) is 2. The molecule has 2 aromatic rings. The number of aromatic nitrogens is 4. The van der Waals surface area contributed by atoms with E-state index in [0.29, 0.717) is 17.7 Å². The zero-order chi connectivity index (χ0) is 21.1. The van der Waals surface area contributed by atoms with Crippen molar-refractivity contribution in [3.8, 4) is 0 Å². The van der Waals surface area contributed by atoms with Crippen LogP contribution in [0, 0.1) is 0 Å². The molecular weight excluding hydrogens is 387 g/mol. The number of carbonyl (C=O) groups excluding carboxylic acids is 1. The van der Waals surface area contributed by atoms with E-state index in [4.69, 9.17) is 15.2 Å². The van der Waals surface area contributed by atoms with E-state index in [1.807, 2.05) is 0 Å². The highest BCUT2D eigenvalue weighted by molar-refractivity contribution is 7.55. The fourth-order valence-electron chi connectivity index (χ4n) is 2.37. The lowest BCUT2D eigenvalue weighted by Crippen LogP contribution is -2.38. The van der Waals surface area contributed by atoms with Crippen LogP contribution in [0.1, 0.15) is 34.6 Å². The normalized spacial score (nSPS) is 16.5. The minimum absolute atomic E-state index is 0.275. The quantitative estimate of drug-likeness (QED) is 0.425. The lowest BCUT2D eigenvalue weighted by Gasteiger charge is -2.24. The Morgan fingerprint density at radius 2 is 2.04 bits per heavy atom. The number of carbonyl (C=O) groups is 1. The fourth-order valence-corrected chi connectivity index (χ4v) is 3.61. The highest BCUT2D eigenvalue weighted by atomic mass is 31.2. The van der Waals surface area contributed by atoms with Crippen molar-refractivity contribution in [1.29, 1.82) is 0 Å². The molecule has 1 unspecified atom stereocenters. The molecule has 2 aromatic heterocycles. The van der Waals surface area contributed by atoms with Crippen LogP contribution in [0.5, 0.6) is 0 Å². The maximum atomic E-state index is 12.3. The zero-order valence-corrected chi connectivity index (χ0v) is 17.5. The first-order valence-electron chi connectivity index (χ1n) is 8.73. The van der Waals surface area contributed by atoms with Crippen molar-refractivity contribution in [3.05, 3.63) is 12.7 Å². The summed E-state index contributed by atoms with van der Waals surface area (Å²) < 4.78 is 24.7. The van der Waals surface area contributed by atoms with Crippen molar-refractivity contribution in [2.24, 2.45) is 0 Å². The molecule has 0 spiro atoms. The smallest absolute Gasteiger partial charge is 0.323 e. The summed E-state index contributed by atoms with van der Waals surface area (Å²) in [6, 6.07) is -0.953. The van der Waals surface area contributed by atoms with Crippen LogP contribution in [0.4, 0.5) is 5.82 Å². The Kier molecular flexibility index (Phi) is 6.76. The van der Waals surface area contributed by atoms with Crippen molar-refractivity contribution in [2.75, 3.05) is 12.1 Å². The zero-order valence-electron chi connectivity index (χ0n) is 16.6. The summed E-state index contributed by atoms with van der Waals surface area (Å²) in [6.07, 6.45) is 2.00. The van der Waals surface area contributed by atoms with Gasteiger partial charge in [0.2, 0.25) is 0 Å². The van der Waals surface area contributed by atoms with Gasteiger partial charge in [-0.1, -0.05) is 0 Å². The molecule has 0 aliphatic heterocycles. The van der Waals surface area contributed by atoms with Crippen molar-refractivity contribution in [2.45, 2.75) is 58.9 Å². The van der Waals surface area contributed by atoms with Crippen LogP contribution in [0.2, 0.25) is 0 Å². The molecule has 11 nitrogen and oxygen atoms in total. The number of imidazole rings is 1. The van der Waals surface area contributed by atoms with Crippen LogP contribution in [-0.2, 0) is 25.4 Å². The highest BCUT2D eigenvalue weighted by Crippen LogP contribution is 2.36. The first-order valence-corrected chi connectivity index (χ1v) is 10.6. The number of esters is 1. The molecule has 0 aliphatic rings. The molecule has 0 amide bonds. The van der Waals surface area contributed by atoms with Crippen molar-refractivity contribution < 1.29 is 23.7 Å². The summed E-state index contributed by atoms with van der Waals surface area (Å²) in [5.41, 5.74) is 6.10. The topological polar surface area (TPSA) is 154 Å². The monoisotopic (exact) mass is 414 g/mol. The molecule has 4 N–H and O–H groups in total. The van der Waals surface area contributed by atoms with Crippen molar-refractivity contribution in [3.63, 3.8) is 0 Å². The maximum absolute atomic E-state index is 12.3. The number of hydrogen-bond acceptors (Lipinski definition) is 8.